The number of halogens is 2. The molecule has 0 saturated heterocycles. The van der Waals surface area contributed by atoms with Gasteiger partial charge in [-0.25, -0.2) is 0 Å². The first-order valence-corrected chi connectivity index (χ1v) is 6.32. The van der Waals surface area contributed by atoms with Gasteiger partial charge in [0.05, 0.1) is 0 Å². The molecule has 1 rings (SSSR count). The number of benzene rings is 1. The zero-order valence-corrected chi connectivity index (χ0v) is 11.5. The number of Topliss-reactive ketones (excluding diaryl/α,β-unsaturated/α-hetero) is 1. The molecule has 0 aliphatic heterocycles. The highest BCUT2D eigenvalue weighted by molar-refractivity contribution is 9.11. The van der Waals surface area contributed by atoms with Crippen LogP contribution in [0.3, 0.4) is 0 Å². The van der Waals surface area contributed by atoms with E-state index < -0.39 is 0 Å². The van der Waals surface area contributed by atoms with Crippen molar-refractivity contribution in [3.8, 4) is 0 Å². The first-order chi connectivity index (χ1) is 7.13. The van der Waals surface area contributed by atoms with Crippen LogP contribution in [-0.2, 0) is 0 Å². The van der Waals surface area contributed by atoms with Crippen LogP contribution in [0.25, 0.3) is 0 Å². The van der Waals surface area contributed by atoms with Gasteiger partial charge in [-0.15, -0.1) is 6.58 Å². The van der Waals surface area contributed by atoms with E-state index in [1.807, 2.05) is 24.3 Å². The smallest absolute Gasteiger partial charge is 0.162 e. The quantitative estimate of drug-likeness (QED) is 0.432. The number of unbranched alkanes of at least 4 members (excludes halogenated alkanes) is 1. The molecule has 0 aliphatic carbocycles. The zero-order chi connectivity index (χ0) is 11.3. The molecule has 80 valence electrons. The van der Waals surface area contributed by atoms with Crippen LogP contribution in [0.15, 0.2) is 39.8 Å². The normalized spacial score (nSPS) is 10.0. The van der Waals surface area contributed by atoms with E-state index in [2.05, 4.69) is 38.4 Å². The van der Waals surface area contributed by atoms with Gasteiger partial charge in [0.15, 0.2) is 5.78 Å². The van der Waals surface area contributed by atoms with Gasteiger partial charge >= 0.3 is 0 Å². The monoisotopic (exact) mass is 330 g/mol. The van der Waals surface area contributed by atoms with Crippen LogP contribution in [0.1, 0.15) is 29.6 Å². The molecule has 1 nitrogen and oxygen atoms in total. The number of rotatable bonds is 5. The third kappa shape index (κ3) is 4.31. The molecule has 0 heterocycles. The minimum absolute atomic E-state index is 0.179. The molecule has 1 aromatic rings. The van der Waals surface area contributed by atoms with Crippen molar-refractivity contribution in [1.29, 1.82) is 0 Å². The SMILES string of the molecule is C=CCCCC(=O)c1cc(Br)cc(Br)c1. The molecule has 0 aromatic heterocycles. The standard InChI is InChI=1S/C12H12Br2O/c1-2-3-4-5-12(15)9-6-10(13)8-11(14)7-9/h2,6-8H,1,3-5H2. The van der Waals surface area contributed by atoms with Gasteiger partial charge in [-0.2, -0.15) is 0 Å². The largest absolute Gasteiger partial charge is 0.294 e. The number of hydrogen-bond donors (Lipinski definition) is 0. The van der Waals surface area contributed by atoms with E-state index >= 15 is 0 Å². The Morgan fingerprint density at radius 2 is 1.87 bits per heavy atom. The van der Waals surface area contributed by atoms with Crippen molar-refractivity contribution in [2.75, 3.05) is 0 Å². The molecule has 1 aromatic carbocycles. The summed E-state index contributed by atoms with van der Waals surface area (Å²) in [5.41, 5.74) is 0.750. The molecule has 0 atom stereocenters. The molecule has 0 radical (unpaired) electrons. The van der Waals surface area contributed by atoms with Crippen molar-refractivity contribution in [1.82, 2.24) is 0 Å². The molecule has 0 amide bonds. The van der Waals surface area contributed by atoms with Crippen LogP contribution >= 0.6 is 31.9 Å². The van der Waals surface area contributed by atoms with Crippen molar-refractivity contribution in [2.45, 2.75) is 19.3 Å². The molecular formula is C12H12Br2O. The summed E-state index contributed by atoms with van der Waals surface area (Å²) in [5.74, 6) is 0.179. The lowest BCUT2D eigenvalue weighted by molar-refractivity contribution is 0.0980. The highest BCUT2D eigenvalue weighted by atomic mass is 79.9. The first-order valence-electron chi connectivity index (χ1n) is 4.73. The lowest BCUT2D eigenvalue weighted by Gasteiger charge is -2.02. The maximum absolute atomic E-state index is 11.7. The predicted octanol–water partition coefficient (Wildman–Crippen LogP) is 4.75. The zero-order valence-electron chi connectivity index (χ0n) is 8.30. The molecule has 3 heteroatoms. The van der Waals surface area contributed by atoms with Crippen LogP contribution < -0.4 is 0 Å². The topological polar surface area (TPSA) is 17.1 Å². The second-order valence-electron chi connectivity index (χ2n) is 3.26. The van der Waals surface area contributed by atoms with Crippen LogP contribution in [-0.4, -0.2) is 5.78 Å². The Labute approximate surface area is 107 Å². The number of allylic oxidation sites excluding steroid dienone is 1. The fourth-order valence-electron chi connectivity index (χ4n) is 1.27. The molecule has 0 N–H and O–H groups in total. The number of hydrogen-bond acceptors (Lipinski definition) is 1. The van der Waals surface area contributed by atoms with Gasteiger partial charge in [-0.3, -0.25) is 4.79 Å². The molecular weight excluding hydrogens is 320 g/mol. The summed E-state index contributed by atoms with van der Waals surface area (Å²) in [4.78, 5) is 11.7. The third-order valence-electron chi connectivity index (χ3n) is 2.00. The maximum atomic E-state index is 11.7. The summed E-state index contributed by atoms with van der Waals surface area (Å²) in [7, 11) is 0. The van der Waals surface area contributed by atoms with Gasteiger partial charge in [0, 0.05) is 20.9 Å². The molecule has 0 saturated carbocycles. The van der Waals surface area contributed by atoms with Gasteiger partial charge in [-0.1, -0.05) is 37.9 Å². The lowest BCUT2D eigenvalue weighted by atomic mass is 10.1. The Hall–Kier alpha value is -0.410. The van der Waals surface area contributed by atoms with Gasteiger partial charge < -0.3 is 0 Å². The summed E-state index contributed by atoms with van der Waals surface area (Å²) in [5, 5.41) is 0. The van der Waals surface area contributed by atoms with Crippen molar-refractivity contribution >= 4 is 37.6 Å². The second-order valence-corrected chi connectivity index (χ2v) is 5.09. The van der Waals surface area contributed by atoms with E-state index in [9.17, 15) is 4.79 Å². The molecule has 0 fully saturated rings. The van der Waals surface area contributed by atoms with Crippen LogP contribution in [0, 0.1) is 0 Å². The highest BCUT2D eigenvalue weighted by Gasteiger charge is 2.06. The summed E-state index contributed by atoms with van der Waals surface area (Å²) in [6, 6.07) is 5.61. The first kappa shape index (κ1) is 12.7. The van der Waals surface area contributed by atoms with E-state index in [0.29, 0.717) is 6.42 Å². The minimum atomic E-state index is 0.179. The average Bonchev–Trinajstić information content (AvgIpc) is 2.16. The molecule has 0 bridgehead atoms. The third-order valence-corrected chi connectivity index (χ3v) is 2.91. The average molecular weight is 332 g/mol. The minimum Gasteiger partial charge on any atom is -0.294 e. The van der Waals surface area contributed by atoms with E-state index in [0.717, 1.165) is 27.4 Å². The van der Waals surface area contributed by atoms with Crippen molar-refractivity contribution in [2.24, 2.45) is 0 Å². The van der Waals surface area contributed by atoms with Gasteiger partial charge in [0.1, 0.15) is 0 Å². The summed E-state index contributed by atoms with van der Waals surface area (Å²) >= 11 is 6.73. The van der Waals surface area contributed by atoms with Crippen molar-refractivity contribution < 1.29 is 4.79 Å². The lowest BCUT2D eigenvalue weighted by Crippen LogP contribution is -1.98. The number of carbonyl (C=O) groups excluding carboxylic acids is 1. The highest BCUT2D eigenvalue weighted by Crippen LogP contribution is 2.21. The van der Waals surface area contributed by atoms with Gasteiger partial charge in [0.2, 0.25) is 0 Å². The van der Waals surface area contributed by atoms with Crippen LogP contribution in [0.5, 0.6) is 0 Å². The second kappa shape index (κ2) is 6.23. The van der Waals surface area contributed by atoms with Crippen molar-refractivity contribution in [3.63, 3.8) is 0 Å². The number of carbonyl (C=O) groups is 1. The van der Waals surface area contributed by atoms with E-state index in [4.69, 9.17) is 0 Å². The van der Waals surface area contributed by atoms with Crippen LogP contribution in [0.2, 0.25) is 0 Å². The Balaban J connectivity index is 2.69. The number of ketones is 1. The fourth-order valence-corrected chi connectivity index (χ4v) is 2.56. The maximum Gasteiger partial charge on any atom is 0.162 e. The summed E-state index contributed by atoms with van der Waals surface area (Å²) in [6.07, 6.45) is 4.17. The Morgan fingerprint density at radius 3 is 2.40 bits per heavy atom. The van der Waals surface area contributed by atoms with E-state index in [1.54, 1.807) is 0 Å². The van der Waals surface area contributed by atoms with Gasteiger partial charge in [-0.05, 0) is 31.0 Å². The van der Waals surface area contributed by atoms with Gasteiger partial charge in [0.25, 0.3) is 0 Å². The molecule has 15 heavy (non-hydrogen) atoms. The fraction of sp³-hybridized carbons (Fsp3) is 0.250. The van der Waals surface area contributed by atoms with E-state index in [-0.39, 0.29) is 5.78 Å². The van der Waals surface area contributed by atoms with E-state index in [1.165, 1.54) is 0 Å². The Kier molecular flexibility index (Phi) is 5.26. The Bertz CT molecular complexity index is 352. The molecule has 0 unspecified atom stereocenters. The molecule has 0 aliphatic rings. The van der Waals surface area contributed by atoms with Crippen LogP contribution in [0.4, 0.5) is 0 Å². The Morgan fingerprint density at radius 1 is 1.27 bits per heavy atom. The predicted molar refractivity (Wildman–Crippen MR) is 70.2 cm³/mol. The molecule has 0 spiro atoms. The summed E-state index contributed by atoms with van der Waals surface area (Å²) in [6.45, 7) is 3.63. The summed E-state index contributed by atoms with van der Waals surface area (Å²) < 4.78 is 1.84. The van der Waals surface area contributed by atoms with Crippen molar-refractivity contribution in [3.05, 3.63) is 45.4 Å².